The average Bonchev–Trinajstić information content (AvgIpc) is 3.20. The first-order valence-corrected chi connectivity index (χ1v) is 13.6. The Balaban J connectivity index is 1.68. The highest BCUT2D eigenvalue weighted by Gasteiger charge is 2.30. The van der Waals surface area contributed by atoms with Gasteiger partial charge in [-0.1, -0.05) is 43.5 Å². The molecule has 0 amide bonds. The van der Waals surface area contributed by atoms with Crippen LogP contribution in [0.5, 0.6) is 5.75 Å². The molecule has 0 saturated heterocycles. The summed E-state index contributed by atoms with van der Waals surface area (Å²) in [6, 6.07) is 14.1. The van der Waals surface area contributed by atoms with Gasteiger partial charge >= 0.3 is 11.9 Å². The quantitative estimate of drug-likeness (QED) is 0.275. The molecular formula is C32H37NO5. The first-order valence-electron chi connectivity index (χ1n) is 13.6. The van der Waals surface area contributed by atoms with Crippen LogP contribution < -0.4 is 4.74 Å². The third kappa shape index (κ3) is 5.35. The number of rotatable bonds is 4. The van der Waals surface area contributed by atoms with E-state index in [1.807, 2.05) is 51.1 Å². The summed E-state index contributed by atoms with van der Waals surface area (Å²) in [5.41, 5.74) is 4.54. The SMILES string of the molecule is COC(=O)c1ccc2c(C3CCCCC3)c3n(c2c1)CC(C=CC(=O)OC(C)(C)C)COc1ccccc1-3. The number of nitrogens with zero attached hydrogens (tertiary/aromatic N) is 1. The fourth-order valence-electron chi connectivity index (χ4n) is 5.84. The molecule has 1 aliphatic heterocycles. The number of hydrogen-bond acceptors (Lipinski definition) is 5. The van der Waals surface area contributed by atoms with Crippen LogP contribution in [-0.4, -0.2) is 35.8 Å². The summed E-state index contributed by atoms with van der Waals surface area (Å²) in [7, 11) is 1.41. The van der Waals surface area contributed by atoms with Gasteiger partial charge in [0.1, 0.15) is 11.4 Å². The molecule has 1 aromatic heterocycles. The summed E-state index contributed by atoms with van der Waals surface area (Å²) in [5.74, 6) is 0.476. The average molecular weight is 516 g/mol. The summed E-state index contributed by atoms with van der Waals surface area (Å²) < 4.78 is 19.2. The summed E-state index contributed by atoms with van der Waals surface area (Å²) in [5, 5.41) is 1.17. The van der Waals surface area contributed by atoms with Crippen molar-refractivity contribution in [2.24, 2.45) is 5.92 Å². The molecule has 6 nitrogen and oxygen atoms in total. The van der Waals surface area contributed by atoms with E-state index < -0.39 is 5.60 Å². The van der Waals surface area contributed by atoms with Crippen LogP contribution in [0.2, 0.25) is 0 Å². The Bertz CT molecular complexity index is 1370. The van der Waals surface area contributed by atoms with E-state index in [1.165, 1.54) is 43.4 Å². The number of ether oxygens (including phenoxy) is 3. The van der Waals surface area contributed by atoms with Gasteiger partial charge in [-0.2, -0.15) is 0 Å². The smallest absolute Gasteiger partial charge is 0.337 e. The second kappa shape index (κ2) is 10.7. The molecule has 1 unspecified atom stereocenters. The van der Waals surface area contributed by atoms with Gasteiger partial charge < -0.3 is 18.8 Å². The van der Waals surface area contributed by atoms with Crippen LogP contribution >= 0.6 is 0 Å². The first kappa shape index (κ1) is 26.1. The molecule has 2 aliphatic rings. The highest BCUT2D eigenvalue weighted by molar-refractivity contribution is 5.99. The maximum Gasteiger partial charge on any atom is 0.337 e. The highest BCUT2D eigenvalue weighted by atomic mass is 16.6. The third-order valence-corrected chi connectivity index (χ3v) is 7.46. The maximum atomic E-state index is 12.5. The lowest BCUT2D eigenvalue weighted by Gasteiger charge is -2.27. The van der Waals surface area contributed by atoms with Crippen molar-refractivity contribution in [2.75, 3.05) is 13.7 Å². The summed E-state index contributed by atoms with van der Waals surface area (Å²) in [4.78, 5) is 25.0. The molecule has 1 saturated carbocycles. The van der Waals surface area contributed by atoms with Crippen molar-refractivity contribution in [2.45, 2.75) is 70.9 Å². The highest BCUT2D eigenvalue weighted by Crippen LogP contribution is 2.47. The van der Waals surface area contributed by atoms with E-state index in [4.69, 9.17) is 14.2 Å². The topological polar surface area (TPSA) is 66.8 Å². The predicted molar refractivity (Wildman–Crippen MR) is 149 cm³/mol. The molecule has 6 heteroatoms. The second-order valence-corrected chi connectivity index (χ2v) is 11.4. The zero-order valence-electron chi connectivity index (χ0n) is 22.8. The molecule has 2 aromatic carbocycles. The van der Waals surface area contributed by atoms with Gasteiger partial charge in [0.15, 0.2) is 0 Å². The molecular weight excluding hydrogens is 478 g/mol. The number of hydrogen-bond donors (Lipinski definition) is 0. The van der Waals surface area contributed by atoms with E-state index in [1.54, 1.807) is 0 Å². The van der Waals surface area contributed by atoms with Crippen LogP contribution in [-0.2, 0) is 20.8 Å². The van der Waals surface area contributed by atoms with Crippen LogP contribution in [0, 0.1) is 5.92 Å². The normalized spacial score (nSPS) is 18.3. The molecule has 1 atom stereocenters. The van der Waals surface area contributed by atoms with E-state index in [9.17, 15) is 9.59 Å². The summed E-state index contributed by atoms with van der Waals surface area (Å²) >= 11 is 0. The van der Waals surface area contributed by atoms with Gasteiger partial charge in [-0.05, 0) is 69.4 Å². The molecule has 5 rings (SSSR count). The number of para-hydroxylation sites is 1. The van der Waals surface area contributed by atoms with E-state index in [-0.39, 0.29) is 17.9 Å². The van der Waals surface area contributed by atoms with E-state index in [0.29, 0.717) is 24.6 Å². The van der Waals surface area contributed by atoms with Crippen molar-refractivity contribution >= 4 is 22.8 Å². The molecule has 200 valence electrons. The Hall–Kier alpha value is -3.54. The standard InChI is InChI=1S/C32H37NO5/c1-32(2,3)38-28(34)17-14-21-19-33-26-18-23(31(35)36-4)15-16-24(26)29(22-10-6-5-7-11-22)30(33)25-12-8-9-13-27(25)37-20-21/h8-9,12-18,21-22H,5-7,10-11,19-20H2,1-4H3. The fourth-order valence-corrected chi connectivity index (χ4v) is 5.84. The Morgan fingerprint density at radius 3 is 2.55 bits per heavy atom. The van der Waals surface area contributed by atoms with Gasteiger partial charge in [-0.3, -0.25) is 0 Å². The van der Waals surface area contributed by atoms with Gasteiger partial charge in [-0.25, -0.2) is 9.59 Å². The molecule has 1 fully saturated rings. The van der Waals surface area contributed by atoms with Crippen molar-refractivity contribution in [3.05, 3.63) is 65.7 Å². The van der Waals surface area contributed by atoms with Gasteiger partial charge in [0, 0.05) is 35.0 Å². The number of methoxy groups -OCH3 is 1. The minimum absolute atomic E-state index is 0.0776. The lowest BCUT2D eigenvalue weighted by atomic mass is 9.81. The van der Waals surface area contributed by atoms with Crippen LogP contribution in [0.1, 0.15) is 74.7 Å². The zero-order chi connectivity index (χ0) is 26.9. The van der Waals surface area contributed by atoms with Crippen molar-refractivity contribution < 1.29 is 23.8 Å². The van der Waals surface area contributed by atoms with E-state index >= 15 is 0 Å². The minimum Gasteiger partial charge on any atom is -0.492 e. The fraction of sp³-hybridized carbons (Fsp3) is 0.438. The van der Waals surface area contributed by atoms with Crippen LogP contribution in [0.25, 0.3) is 22.2 Å². The third-order valence-electron chi connectivity index (χ3n) is 7.46. The van der Waals surface area contributed by atoms with Gasteiger partial charge in [0.2, 0.25) is 0 Å². The van der Waals surface area contributed by atoms with Gasteiger partial charge in [0.05, 0.1) is 25.0 Å². The molecule has 0 spiro atoms. The number of esters is 2. The van der Waals surface area contributed by atoms with Gasteiger partial charge in [-0.15, -0.1) is 0 Å². The van der Waals surface area contributed by atoms with Crippen molar-refractivity contribution in [1.29, 1.82) is 0 Å². The molecule has 0 bridgehead atoms. The molecule has 38 heavy (non-hydrogen) atoms. The number of carbonyl (C=O) groups excluding carboxylic acids is 2. The van der Waals surface area contributed by atoms with Crippen molar-refractivity contribution in [3.63, 3.8) is 0 Å². The summed E-state index contributed by atoms with van der Waals surface area (Å²) in [6.07, 6.45) is 9.41. The Kier molecular flexibility index (Phi) is 7.33. The predicted octanol–water partition coefficient (Wildman–Crippen LogP) is 7.05. The van der Waals surface area contributed by atoms with Crippen LogP contribution in [0.15, 0.2) is 54.6 Å². The molecule has 1 aliphatic carbocycles. The molecule has 2 heterocycles. The van der Waals surface area contributed by atoms with E-state index in [2.05, 4.69) is 22.8 Å². The van der Waals surface area contributed by atoms with Gasteiger partial charge in [0.25, 0.3) is 0 Å². The lowest BCUT2D eigenvalue weighted by Crippen LogP contribution is -2.23. The largest absolute Gasteiger partial charge is 0.492 e. The van der Waals surface area contributed by atoms with Crippen molar-refractivity contribution in [1.82, 2.24) is 4.57 Å². The molecule has 0 N–H and O–H groups in total. The first-order chi connectivity index (χ1) is 18.2. The zero-order valence-corrected chi connectivity index (χ0v) is 22.8. The van der Waals surface area contributed by atoms with Crippen molar-refractivity contribution in [3.8, 4) is 17.0 Å². The second-order valence-electron chi connectivity index (χ2n) is 11.4. The van der Waals surface area contributed by atoms with Crippen LogP contribution in [0.4, 0.5) is 0 Å². The molecule has 3 aromatic rings. The molecule has 0 radical (unpaired) electrons. The summed E-state index contributed by atoms with van der Waals surface area (Å²) in [6.45, 7) is 6.61. The monoisotopic (exact) mass is 515 g/mol. The number of fused-ring (bicyclic) bond motifs is 5. The minimum atomic E-state index is -0.555. The maximum absolute atomic E-state index is 12.5. The number of benzene rings is 2. The number of aromatic nitrogens is 1. The Labute approximate surface area is 224 Å². The Morgan fingerprint density at radius 2 is 1.82 bits per heavy atom. The lowest BCUT2D eigenvalue weighted by molar-refractivity contribution is -0.148. The Morgan fingerprint density at radius 1 is 1.05 bits per heavy atom. The number of carbonyl (C=O) groups is 2. The van der Waals surface area contributed by atoms with E-state index in [0.717, 1.165) is 35.4 Å². The van der Waals surface area contributed by atoms with Crippen LogP contribution in [0.3, 0.4) is 0 Å².